The maximum atomic E-state index is 6.27. The minimum absolute atomic E-state index is 0.662. The van der Waals surface area contributed by atoms with Gasteiger partial charge in [0, 0.05) is 28.2 Å². The summed E-state index contributed by atoms with van der Waals surface area (Å²) in [6.45, 7) is 0. The van der Waals surface area contributed by atoms with Crippen LogP contribution in [0.3, 0.4) is 0 Å². The zero-order chi connectivity index (χ0) is 37.7. The summed E-state index contributed by atoms with van der Waals surface area (Å²) >= 11 is 0. The minimum atomic E-state index is 0.662. The second-order valence-electron chi connectivity index (χ2n) is 14.0. The van der Waals surface area contributed by atoms with Crippen LogP contribution < -0.4 is 19.4 Å². The zero-order valence-corrected chi connectivity index (χ0v) is 30.7. The molecule has 0 saturated carbocycles. The third-order valence-corrected chi connectivity index (χ3v) is 10.5. The average molecular weight is 735 g/mol. The van der Waals surface area contributed by atoms with Gasteiger partial charge in [-0.1, -0.05) is 97.1 Å². The van der Waals surface area contributed by atoms with Crippen LogP contribution in [0.1, 0.15) is 0 Å². The van der Waals surface area contributed by atoms with E-state index in [0.29, 0.717) is 5.82 Å². The van der Waals surface area contributed by atoms with Crippen molar-refractivity contribution in [2.24, 2.45) is 0 Å². The molecule has 1 aromatic heterocycles. The fourth-order valence-electron chi connectivity index (χ4n) is 7.95. The second kappa shape index (κ2) is 13.4. The molecule has 8 aromatic carbocycles. The third-order valence-electron chi connectivity index (χ3n) is 10.5. The lowest BCUT2D eigenvalue weighted by atomic mass is 10.0. The van der Waals surface area contributed by atoms with Crippen LogP contribution in [0.15, 0.2) is 206 Å². The largest absolute Gasteiger partial charge is 0.453 e. The molecule has 0 saturated heterocycles. The fourth-order valence-corrected chi connectivity index (χ4v) is 7.95. The van der Waals surface area contributed by atoms with Crippen molar-refractivity contribution in [2.75, 3.05) is 14.7 Å². The van der Waals surface area contributed by atoms with Crippen LogP contribution in [0.2, 0.25) is 0 Å². The molecule has 0 fully saturated rings. The summed E-state index contributed by atoms with van der Waals surface area (Å²) < 4.78 is 8.22. The molecule has 2 aliphatic rings. The van der Waals surface area contributed by atoms with Gasteiger partial charge in [0.15, 0.2) is 23.1 Å². The number of benzene rings is 8. The first-order valence-electron chi connectivity index (χ1n) is 19.0. The number of aromatic nitrogens is 3. The maximum Gasteiger partial charge on any atom is 0.182 e. The lowest BCUT2D eigenvalue weighted by Crippen LogP contribution is -2.23. The van der Waals surface area contributed by atoms with Crippen LogP contribution in [0.25, 0.3) is 28.5 Å². The summed E-state index contributed by atoms with van der Waals surface area (Å²) in [6, 6.07) is 71.3. The van der Waals surface area contributed by atoms with E-state index in [9.17, 15) is 0 Å². The van der Waals surface area contributed by atoms with Gasteiger partial charge in [0.05, 0.1) is 39.8 Å². The van der Waals surface area contributed by atoms with E-state index in [1.807, 2.05) is 71.4 Å². The molecule has 0 unspecified atom stereocenters. The molecule has 0 spiro atoms. The SMILES string of the molecule is c1ccc(-c2nc(-c3ccc(N4c5ccccc5N(c5ccccc5)c5ccccc54)cc3)n(-c3ccc(N4c5ccccc5Oc5ccccc54)cc3)n2)cc1. The summed E-state index contributed by atoms with van der Waals surface area (Å²) in [5.41, 5.74) is 12.4. The van der Waals surface area contributed by atoms with Crippen molar-refractivity contribution in [1.82, 2.24) is 14.8 Å². The Morgan fingerprint density at radius 2 is 0.702 bits per heavy atom. The number of rotatable bonds is 6. The van der Waals surface area contributed by atoms with Gasteiger partial charge in [-0.2, -0.15) is 0 Å². The molecule has 0 aliphatic carbocycles. The fraction of sp³-hybridized carbons (Fsp3) is 0. The molecular weight excluding hydrogens is 701 g/mol. The van der Waals surface area contributed by atoms with Gasteiger partial charge in [0.25, 0.3) is 0 Å². The van der Waals surface area contributed by atoms with E-state index in [2.05, 4.69) is 154 Å². The van der Waals surface area contributed by atoms with Crippen molar-refractivity contribution in [1.29, 1.82) is 0 Å². The Hall–Kier alpha value is -7.90. The number of hydrogen-bond acceptors (Lipinski definition) is 6. The van der Waals surface area contributed by atoms with E-state index in [4.69, 9.17) is 14.8 Å². The summed E-state index contributed by atoms with van der Waals surface area (Å²) in [5, 5.41) is 5.11. The predicted octanol–water partition coefficient (Wildman–Crippen LogP) is 13.4. The Kier molecular flexibility index (Phi) is 7.67. The summed E-state index contributed by atoms with van der Waals surface area (Å²) in [6.07, 6.45) is 0. The van der Waals surface area contributed by atoms with Crippen molar-refractivity contribution >= 4 is 51.2 Å². The van der Waals surface area contributed by atoms with E-state index in [1.165, 1.54) is 0 Å². The first-order chi connectivity index (χ1) is 28.3. The highest BCUT2D eigenvalue weighted by Crippen LogP contribution is 2.54. The van der Waals surface area contributed by atoms with Crippen LogP contribution >= 0.6 is 0 Å². The van der Waals surface area contributed by atoms with Crippen molar-refractivity contribution in [2.45, 2.75) is 0 Å². The van der Waals surface area contributed by atoms with Gasteiger partial charge >= 0.3 is 0 Å². The van der Waals surface area contributed by atoms with Crippen LogP contribution in [-0.2, 0) is 0 Å². The second-order valence-corrected chi connectivity index (χ2v) is 14.0. The zero-order valence-electron chi connectivity index (χ0n) is 30.7. The predicted molar refractivity (Wildman–Crippen MR) is 230 cm³/mol. The molecule has 9 aromatic rings. The van der Waals surface area contributed by atoms with Crippen LogP contribution in [0.5, 0.6) is 11.5 Å². The topological polar surface area (TPSA) is 49.7 Å². The summed E-state index contributed by atoms with van der Waals surface area (Å²) in [7, 11) is 0. The van der Waals surface area contributed by atoms with E-state index in [1.54, 1.807) is 0 Å². The first-order valence-corrected chi connectivity index (χ1v) is 19.0. The summed E-state index contributed by atoms with van der Waals surface area (Å²) in [4.78, 5) is 12.1. The molecule has 57 heavy (non-hydrogen) atoms. The van der Waals surface area contributed by atoms with Crippen molar-refractivity contribution < 1.29 is 4.74 Å². The quantitative estimate of drug-likeness (QED) is 0.170. The van der Waals surface area contributed by atoms with Crippen LogP contribution in [0.4, 0.5) is 51.2 Å². The maximum absolute atomic E-state index is 6.27. The lowest BCUT2D eigenvalue weighted by molar-refractivity contribution is 0.477. The number of nitrogens with zero attached hydrogens (tertiary/aromatic N) is 6. The highest BCUT2D eigenvalue weighted by atomic mass is 16.5. The highest BCUT2D eigenvalue weighted by molar-refractivity contribution is 6.01. The van der Waals surface area contributed by atoms with Gasteiger partial charge < -0.3 is 19.4 Å². The Morgan fingerprint density at radius 1 is 0.316 bits per heavy atom. The normalized spacial score (nSPS) is 12.6. The summed E-state index contributed by atoms with van der Waals surface area (Å²) in [5.74, 6) is 3.05. The van der Waals surface area contributed by atoms with Gasteiger partial charge in [-0.15, -0.1) is 5.10 Å². The van der Waals surface area contributed by atoms with E-state index < -0.39 is 0 Å². The van der Waals surface area contributed by atoms with E-state index in [0.717, 1.165) is 85.3 Å². The van der Waals surface area contributed by atoms with Gasteiger partial charge in [0.2, 0.25) is 0 Å². The molecule has 7 heteroatoms. The van der Waals surface area contributed by atoms with Gasteiger partial charge in [-0.3, -0.25) is 0 Å². The smallest absolute Gasteiger partial charge is 0.182 e. The van der Waals surface area contributed by atoms with Gasteiger partial charge in [-0.25, -0.2) is 9.67 Å². The number of ether oxygens (including phenoxy) is 1. The lowest BCUT2D eigenvalue weighted by Gasteiger charge is -2.40. The van der Waals surface area contributed by atoms with Crippen molar-refractivity contribution in [3.05, 3.63) is 206 Å². The molecule has 0 amide bonds. The van der Waals surface area contributed by atoms with E-state index in [-0.39, 0.29) is 0 Å². The number of para-hydroxylation sites is 9. The number of anilines is 9. The molecule has 3 heterocycles. The van der Waals surface area contributed by atoms with Gasteiger partial charge in [0.1, 0.15) is 0 Å². The minimum Gasteiger partial charge on any atom is -0.453 e. The Balaban J connectivity index is 0.989. The molecule has 7 nitrogen and oxygen atoms in total. The standard InChI is InChI=1S/C50H34N6O/c1-3-15-35(16-4-1)49-51-50(56(52-49)40-33-31-39(32-34-40)55-45-23-11-13-25-47(45)57-48-26-14-12-24-46(48)55)36-27-29-38(30-28-36)54-43-21-9-7-19-41(43)53(37-17-5-2-6-18-37)42-20-8-10-22-44(42)54/h1-34H. The first kappa shape index (κ1) is 32.5. The molecule has 0 radical (unpaired) electrons. The molecule has 0 N–H and O–H groups in total. The highest BCUT2D eigenvalue weighted by Gasteiger charge is 2.30. The Bertz CT molecular complexity index is 2800. The Morgan fingerprint density at radius 3 is 1.23 bits per heavy atom. The third kappa shape index (κ3) is 5.52. The van der Waals surface area contributed by atoms with Crippen molar-refractivity contribution in [3.63, 3.8) is 0 Å². The molecular formula is C50H34N6O. The van der Waals surface area contributed by atoms with Crippen LogP contribution in [-0.4, -0.2) is 14.8 Å². The molecule has 0 atom stereocenters. The van der Waals surface area contributed by atoms with Crippen LogP contribution in [0, 0.1) is 0 Å². The number of fused-ring (bicyclic) bond motifs is 4. The molecule has 270 valence electrons. The average Bonchev–Trinajstić information content (AvgIpc) is 3.74. The monoisotopic (exact) mass is 734 g/mol. The van der Waals surface area contributed by atoms with E-state index >= 15 is 0 Å². The van der Waals surface area contributed by atoms with Crippen molar-refractivity contribution in [3.8, 4) is 40.0 Å². The Labute approximate surface area is 330 Å². The van der Waals surface area contributed by atoms with Gasteiger partial charge in [-0.05, 0) is 109 Å². The molecule has 0 bridgehead atoms. The molecule has 2 aliphatic heterocycles. The molecule has 11 rings (SSSR count). The number of hydrogen-bond donors (Lipinski definition) is 0.